The van der Waals surface area contributed by atoms with E-state index in [1.165, 1.54) is 6.07 Å². The minimum Gasteiger partial charge on any atom is -0.383 e. The first kappa shape index (κ1) is 15.7. The molecule has 2 rings (SSSR count). The zero-order valence-corrected chi connectivity index (χ0v) is 12.5. The fraction of sp³-hybridized carbons (Fsp3) is 0.533. The van der Waals surface area contributed by atoms with Crippen molar-refractivity contribution in [3.05, 3.63) is 35.6 Å². The average molecular weight is 295 g/mol. The summed E-state index contributed by atoms with van der Waals surface area (Å²) in [5.41, 5.74) is 0.634. The number of rotatable bonds is 4. The van der Waals surface area contributed by atoms with Gasteiger partial charge in [0, 0.05) is 38.9 Å². The molecular formula is C15H22FN3O2. The molecule has 0 saturated carbocycles. The van der Waals surface area contributed by atoms with E-state index in [1.807, 2.05) is 13.1 Å². The smallest absolute Gasteiger partial charge is 0.317 e. The summed E-state index contributed by atoms with van der Waals surface area (Å²) in [4.78, 5) is 15.9. The molecule has 1 aliphatic rings. The van der Waals surface area contributed by atoms with E-state index in [4.69, 9.17) is 4.74 Å². The third kappa shape index (κ3) is 3.92. The van der Waals surface area contributed by atoms with Gasteiger partial charge in [-0.15, -0.1) is 0 Å². The number of urea groups is 1. The predicted octanol–water partition coefficient (Wildman–Crippen LogP) is 1.47. The van der Waals surface area contributed by atoms with E-state index >= 15 is 0 Å². The number of methoxy groups -OCH3 is 1. The van der Waals surface area contributed by atoms with Gasteiger partial charge in [-0.05, 0) is 13.1 Å². The van der Waals surface area contributed by atoms with Crippen LogP contribution in [0.3, 0.4) is 0 Å². The summed E-state index contributed by atoms with van der Waals surface area (Å²) in [5, 5.41) is 2.80. The van der Waals surface area contributed by atoms with Gasteiger partial charge in [0.05, 0.1) is 12.6 Å². The van der Waals surface area contributed by atoms with Crippen molar-refractivity contribution >= 4 is 6.03 Å². The Balaban J connectivity index is 2.02. The quantitative estimate of drug-likeness (QED) is 0.856. The van der Waals surface area contributed by atoms with Gasteiger partial charge in [-0.3, -0.25) is 4.90 Å². The highest BCUT2D eigenvalue weighted by Crippen LogP contribution is 2.25. The molecule has 1 aromatic carbocycles. The van der Waals surface area contributed by atoms with Gasteiger partial charge in [0.25, 0.3) is 0 Å². The van der Waals surface area contributed by atoms with Gasteiger partial charge in [0.15, 0.2) is 0 Å². The van der Waals surface area contributed by atoms with Crippen LogP contribution in [-0.2, 0) is 4.74 Å². The Hall–Kier alpha value is -1.66. The third-order valence-corrected chi connectivity index (χ3v) is 3.78. The number of carbonyl (C=O) groups is 1. The number of hydrogen-bond acceptors (Lipinski definition) is 3. The van der Waals surface area contributed by atoms with Crippen molar-refractivity contribution in [2.45, 2.75) is 6.04 Å². The molecule has 6 heteroatoms. The SMILES string of the molecule is COCCNC(=O)N1CCN(C)C(c2ccccc2F)C1. The van der Waals surface area contributed by atoms with E-state index in [0.29, 0.717) is 31.8 Å². The lowest BCUT2D eigenvalue weighted by molar-refractivity contribution is 0.106. The van der Waals surface area contributed by atoms with Gasteiger partial charge in [0.2, 0.25) is 0 Å². The average Bonchev–Trinajstić information content (AvgIpc) is 2.49. The number of amides is 2. The summed E-state index contributed by atoms with van der Waals surface area (Å²) < 4.78 is 18.9. The maximum absolute atomic E-state index is 14.0. The van der Waals surface area contributed by atoms with E-state index in [0.717, 1.165) is 6.54 Å². The zero-order valence-electron chi connectivity index (χ0n) is 12.5. The standard InChI is InChI=1S/C15H22FN3O2/c1-18-8-9-19(15(20)17-7-10-21-2)11-14(18)12-5-3-4-6-13(12)16/h3-6,14H,7-11H2,1-2H3,(H,17,20). The number of carbonyl (C=O) groups excluding carboxylic acids is 1. The number of likely N-dealkylation sites (N-methyl/N-ethyl adjacent to an activating group) is 1. The van der Waals surface area contributed by atoms with Gasteiger partial charge >= 0.3 is 6.03 Å². The Kier molecular flexibility index (Phi) is 5.52. The van der Waals surface area contributed by atoms with E-state index in [1.54, 1.807) is 24.1 Å². The Morgan fingerprint density at radius 2 is 2.19 bits per heavy atom. The molecule has 1 atom stereocenters. The molecule has 1 aromatic rings. The first-order valence-corrected chi connectivity index (χ1v) is 7.10. The van der Waals surface area contributed by atoms with Gasteiger partial charge < -0.3 is 15.0 Å². The number of nitrogens with one attached hydrogen (secondary N) is 1. The van der Waals surface area contributed by atoms with E-state index in [9.17, 15) is 9.18 Å². The van der Waals surface area contributed by atoms with Crippen LogP contribution in [-0.4, -0.2) is 62.8 Å². The normalized spacial score (nSPS) is 19.6. The molecule has 0 aliphatic carbocycles. The van der Waals surface area contributed by atoms with Crippen molar-refractivity contribution in [2.75, 3.05) is 46.9 Å². The summed E-state index contributed by atoms with van der Waals surface area (Å²) in [7, 11) is 3.55. The lowest BCUT2D eigenvalue weighted by Gasteiger charge is -2.39. The highest BCUT2D eigenvalue weighted by molar-refractivity contribution is 5.74. The second kappa shape index (κ2) is 7.38. The van der Waals surface area contributed by atoms with E-state index in [-0.39, 0.29) is 17.9 Å². The Morgan fingerprint density at radius 1 is 1.43 bits per heavy atom. The van der Waals surface area contributed by atoms with Gasteiger partial charge in [-0.2, -0.15) is 0 Å². The van der Waals surface area contributed by atoms with Crippen LogP contribution in [0.2, 0.25) is 0 Å². The highest BCUT2D eigenvalue weighted by Gasteiger charge is 2.29. The molecule has 1 saturated heterocycles. The molecule has 0 bridgehead atoms. The minimum atomic E-state index is -0.226. The van der Waals surface area contributed by atoms with Gasteiger partial charge in [0.1, 0.15) is 5.82 Å². The molecule has 116 valence electrons. The lowest BCUT2D eigenvalue weighted by Crippen LogP contribution is -2.52. The van der Waals surface area contributed by atoms with Crippen LogP contribution in [0.1, 0.15) is 11.6 Å². The number of nitrogens with zero attached hydrogens (tertiary/aromatic N) is 2. The molecule has 1 fully saturated rings. The summed E-state index contributed by atoms with van der Waals surface area (Å²) in [5.74, 6) is -0.226. The maximum atomic E-state index is 14.0. The van der Waals surface area contributed by atoms with Crippen molar-refractivity contribution in [3.8, 4) is 0 Å². The first-order valence-electron chi connectivity index (χ1n) is 7.10. The Labute approximate surface area is 124 Å². The molecule has 2 amide bonds. The summed E-state index contributed by atoms with van der Waals surface area (Å²) in [6.45, 7) is 2.80. The first-order chi connectivity index (χ1) is 10.1. The second-order valence-electron chi connectivity index (χ2n) is 5.19. The Morgan fingerprint density at radius 3 is 2.90 bits per heavy atom. The zero-order chi connectivity index (χ0) is 15.2. The van der Waals surface area contributed by atoms with Crippen LogP contribution in [0.4, 0.5) is 9.18 Å². The molecule has 21 heavy (non-hydrogen) atoms. The van der Waals surface area contributed by atoms with Crippen molar-refractivity contribution in [1.82, 2.24) is 15.1 Å². The fourth-order valence-corrected chi connectivity index (χ4v) is 2.51. The summed E-state index contributed by atoms with van der Waals surface area (Å²) in [6.07, 6.45) is 0. The van der Waals surface area contributed by atoms with Gasteiger partial charge in [-0.1, -0.05) is 18.2 Å². The monoisotopic (exact) mass is 295 g/mol. The maximum Gasteiger partial charge on any atom is 0.317 e. The lowest BCUT2D eigenvalue weighted by atomic mass is 10.0. The largest absolute Gasteiger partial charge is 0.383 e. The van der Waals surface area contributed by atoms with Crippen LogP contribution >= 0.6 is 0 Å². The number of hydrogen-bond donors (Lipinski definition) is 1. The van der Waals surface area contributed by atoms with E-state index < -0.39 is 0 Å². The van der Waals surface area contributed by atoms with Crippen LogP contribution < -0.4 is 5.32 Å². The van der Waals surface area contributed by atoms with E-state index in [2.05, 4.69) is 10.2 Å². The second-order valence-corrected chi connectivity index (χ2v) is 5.19. The van der Waals surface area contributed by atoms with Crippen LogP contribution in [0.5, 0.6) is 0 Å². The van der Waals surface area contributed by atoms with Crippen molar-refractivity contribution in [1.29, 1.82) is 0 Å². The molecule has 1 aliphatic heterocycles. The minimum absolute atomic E-state index is 0.117. The molecule has 1 N–H and O–H groups in total. The van der Waals surface area contributed by atoms with Crippen LogP contribution in [0.15, 0.2) is 24.3 Å². The number of ether oxygens (including phenoxy) is 1. The number of benzene rings is 1. The molecule has 1 heterocycles. The Bertz CT molecular complexity index is 484. The summed E-state index contributed by atoms with van der Waals surface area (Å²) in [6, 6.07) is 6.50. The number of piperazine rings is 1. The highest BCUT2D eigenvalue weighted by atomic mass is 19.1. The van der Waals surface area contributed by atoms with Crippen LogP contribution in [0, 0.1) is 5.82 Å². The van der Waals surface area contributed by atoms with Crippen molar-refractivity contribution < 1.29 is 13.9 Å². The fourth-order valence-electron chi connectivity index (χ4n) is 2.51. The summed E-state index contributed by atoms with van der Waals surface area (Å²) >= 11 is 0. The molecular weight excluding hydrogens is 273 g/mol. The van der Waals surface area contributed by atoms with Gasteiger partial charge in [-0.25, -0.2) is 9.18 Å². The molecule has 1 unspecified atom stereocenters. The van der Waals surface area contributed by atoms with Crippen molar-refractivity contribution in [2.24, 2.45) is 0 Å². The topological polar surface area (TPSA) is 44.8 Å². The molecule has 0 spiro atoms. The predicted molar refractivity (Wildman–Crippen MR) is 78.6 cm³/mol. The molecule has 5 nitrogen and oxygen atoms in total. The van der Waals surface area contributed by atoms with Crippen LogP contribution in [0.25, 0.3) is 0 Å². The molecule has 0 radical (unpaired) electrons. The van der Waals surface area contributed by atoms with Crippen molar-refractivity contribution in [3.63, 3.8) is 0 Å². The molecule has 0 aromatic heterocycles. The third-order valence-electron chi connectivity index (χ3n) is 3.78. The number of halogens is 1.